The van der Waals surface area contributed by atoms with Crippen molar-refractivity contribution in [1.82, 2.24) is 14.5 Å². The standard InChI is InChI=1S/C14H23N3O3S2/c1-12(14(18)15-6-5-13-4-3-11-21-13)16-7-9-17(10-8-16)22(2,19)20/h3-4,11-12H,5-10H2,1-2H3,(H,15,18). The van der Waals surface area contributed by atoms with Crippen LogP contribution in [0.25, 0.3) is 0 Å². The summed E-state index contributed by atoms with van der Waals surface area (Å²) >= 11 is 1.69. The minimum atomic E-state index is -3.13. The molecule has 1 aromatic rings. The number of rotatable bonds is 6. The van der Waals surface area contributed by atoms with E-state index < -0.39 is 10.0 Å². The minimum Gasteiger partial charge on any atom is -0.354 e. The third kappa shape index (κ3) is 4.77. The van der Waals surface area contributed by atoms with Crippen molar-refractivity contribution in [2.24, 2.45) is 0 Å². The quantitative estimate of drug-likeness (QED) is 0.809. The van der Waals surface area contributed by atoms with Crippen LogP contribution < -0.4 is 5.32 Å². The number of amides is 1. The van der Waals surface area contributed by atoms with Crippen molar-refractivity contribution in [1.29, 1.82) is 0 Å². The van der Waals surface area contributed by atoms with Gasteiger partial charge in [0, 0.05) is 37.6 Å². The normalized spacial score (nSPS) is 19.0. The SMILES string of the molecule is CC(C(=O)NCCc1cccs1)N1CCN(S(C)(=O)=O)CC1. The first-order chi connectivity index (χ1) is 10.4. The fourth-order valence-corrected chi connectivity index (χ4v) is 4.04. The second-order valence-corrected chi connectivity index (χ2v) is 8.51. The van der Waals surface area contributed by atoms with Crippen molar-refractivity contribution < 1.29 is 13.2 Å². The third-order valence-electron chi connectivity index (χ3n) is 3.92. The maximum atomic E-state index is 12.2. The molecular weight excluding hydrogens is 322 g/mol. The predicted octanol–water partition coefficient (Wildman–Crippen LogP) is 0.373. The highest BCUT2D eigenvalue weighted by Gasteiger charge is 2.28. The van der Waals surface area contributed by atoms with E-state index >= 15 is 0 Å². The molecule has 0 spiro atoms. The van der Waals surface area contributed by atoms with Crippen LogP contribution in [0, 0.1) is 0 Å². The lowest BCUT2D eigenvalue weighted by Gasteiger charge is -2.36. The van der Waals surface area contributed by atoms with E-state index in [1.165, 1.54) is 15.4 Å². The molecule has 1 unspecified atom stereocenters. The third-order valence-corrected chi connectivity index (χ3v) is 6.16. The van der Waals surface area contributed by atoms with Crippen molar-refractivity contribution in [3.05, 3.63) is 22.4 Å². The molecular formula is C14H23N3O3S2. The number of hydrogen-bond donors (Lipinski definition) is 1. The molecule has 2 heterocycles. The van der Waals surface area contributed by atoms with E-state index in [9.17, 15) is 13.2 Å². The molecule has 1 fully saturated rings. The second-order valence-electron chi connectivity index (χ2n) is 5.49. The molecule has 1 atom stereocenters. The van der Waals surface area contributed by atoms with Gasteiger partial charge in [0.15, 0.2) is 0 Å². The van der Waals surface area contributed by atoms with Crippen molar-refractivity contribution in [2.45, 2.75) is 19.4 Å². The Morgan fingerprint density at radius 3 is 2.59 bits per heavy atom. The van der Waals surface area contributed by atoms with Gasteiger partial charge in [0.2, 0.25) is 15.9 Å². The van der Waals surface area contributed by atoms with Gasteiger partial charge in [-0.25, -0.2) is 8.42 Å². The van der Waals surface area contributed by atoms with Gasteiger partial charge in [-0.05, 0) is 24.8 Å². The number of piperazine rings is 1. The summed E-state index contributed by atoms with van der Waals surface area (Å²) in [5.74, 6) is 0.00404. The van der Waals surface area contributed by atoms with E-state index in [-0.39, 0.29) is 11.9 Å². The highest BCUT2D eigenvalue weighted by molar-refractivity contribution is 7.88. The highest BCUT2D eigenvalue weighted by Crippen LogP contribution is 2.10. The molecule has 1 aliphatic rings. The monoisotopic (exact) mass is 345 g/mol. The molecule has 0 aromatic carbocycles. The number of thiophene rings is 1. The molecule has 0 aliphatic carbocycles. The maximum absolute atomic E-state index is 12.2. The fourth-order valence-electron chi connectivity index (χ4n) is 2.50. The average molecular weight is 345 g/mol. The second kappa shape index (κ2) is 7.54. The molecule has 1 aliphatic heterocycles. The summed E-state index contributed by atoms with van der Waals surface area (Å²) in [7, 11) is -3.13. The van der Waals surface area contributed by atoms with Crippen LogP contribution in [0.1, 0.15) is 11.8 Å². The largest absolute Gasteiger partial charge is 0.354 e. The maximum Gasteiger partial charge on any atom is 0.237 e. The van der Waals surface area contributed by atoms with Gasteiger partial charge in [0.25, 0.3) is 0 Å². The lowest BCUT2D eigenvalue weighted by molar-refractivity contribution is -0.126. The number of carbonyl (C=O) groups is 1. The van der Waals surface area contributed by atoms with Crippen molar-refractivity contribution in [3.63, 3.8) is 0 Å². The van der Waals surface area contributed by atoms with Gasteiger partial charge in [0.05, 0.1) is 12.3 Å². The molecule has 0 saturated carbocycles. The average Bonchev–Trinajstić information content (AvgIpc) is 2.99. The molecule has 1 amide bonds. The summed E-state index contributed by atoms with van der Waals surface area (Å²) in [6, 6.07) is 3.83. The van der Waals surface area contributed by atoms with Crippen LogP contribution in [-0.2, 0) is 21.2 Å². The first kappa shape index (κ1) is 17.4. The smallest absolute Gasteiger partial charge is 0.237 e. The van der Waals surface area contributed by atoms with Crippen LogP contribution in [0.15, 0.2) is 17.5 Å². The number of nitrogens with one attached hydrogen (secondary N) is 1. The number of nitrogens with zero attached hydrogens (tertiary/aromatic N) is 2. The summed E-state index contributed by atoms with van der Waals surface area (Å²) in [5.41, 5.74) is 0. The van der Waals surface area contributed by atoms with Crippen LogP contribution in [0.5, 0.6) is 0 Å². The topological polar surface area (TPSA) is 69.7 Å². The van der Waals surface area contributed by atoms with Crippen LogP contribution >= 0.6 is 11.3 Å². The lowest BCUT2D eigenvalue weighted by atomic mass is 10.2. The molecule has 2 rings (SSSR count). The predicted molar refractivity (Wildman–Crippen MR) is 88.5 cm³/mol. The molecule has 8 heteroatoms. The molecule has 0 radical (unpaired) electrons. The van der Waals surface area contributed by atoms with Crippen LogP contribution in [0.4, 0.5) is 0 Å². The number of hydrogen-bond acceptors (Lipinski definition) is 5. The summed E-state index contributed by atoms with van der Waals surface area (Å²) < 4.78 is 24.4. The summed E-state index contributed by atoms with van der Waals surface area (Å²) in [6.07, 6.45) is 2.07. The van der Waals surface area contributed by atoms with Gasteiger partial charge < -0.3 is 5.32 Å². The van der Waals surface area contributed by atoms with E-state index in [4.69, 9.17) is 0 Å². The Morgan fingerprint density at radius 2 is 2.05 bits per heavy atom. The number of sulfonamides is 1. The zero-order valence-corrected chi connectivity index (χ0v) is 14.6. The van der Waals surface area contributed by atoms with Crippen molar-refractivity contribution >= 4 is 27.3 Å². The Kier molecular flexibility index (Phi) is 5.96. The molecule has 6 nitrogen and oxygen atoms in total. The van der Waals surface area contributed by atoms with Gasteiger partial charge in [-0.1, -0.05) is 6.07 Å². The Labute approximate surface area is 136 Å². The van der Waals surface area contributed by atoms with Crippen LogP contribution in [0.2, 0.25) is 0 Å². The zero-order valence-electron chi connectivity index (χ0n) is 13.0. The summed E-state index contributed by atoms with van der Waals surface area (Å²) in [4.78, 5) is 15.5. The minimum absolute atomic E-state index is 0.00404. The molecule has 22 heavy (non-hydrogen) atoms. The molecule has 1 saturated heterocycles. The van der Waals surface area contributed by atoms with Gasteiger partial charge in [-0.15, -0.1) is 11.3 Å². The molecule has 124 valence electrons. The first-order valence-electron chi connectivity index (χ1n) is 7.37. The van der Waals surface area contributed by atoms with Crippen molar-refractivity contribution in [2.75, 3.05) is 39.0 Å². The van der Waals surface area contributed by atoms with Crippen LogP contribution in [0.3, 0.4) is 0 Å². The van der Waals surface area contributed by atoms with E-state index in [1.807, 2.05) is 23.3 Å². The van der Waals surface area contributed by atoms with E-state index in [0.717, 1.165) is 6.42 Å². The number of carbonyl (C=O) groups excluding carboxylic acids is 1. The Hall–Kier alpha value is -0.960. The van der Waals surface area contributed by atoms with Gasteiger partial charge >= 0.3 is 0 Å². The van der Waals surface area contributed by atoms with E-state index in [2.05, 4.69) is 11.4 Å². The zero-order chi connectivity index (χ0) is 16.2. The first-order valence-corrected chi connectivity index (χ1v) is 10.1. The summed E-state index contributed by atoms with van der Waals surface area (Å²) in [6.45, 7) is 4.58. The Morgan fingerprint density at radius 1 is 1.36 bits per heavy atom. The van der Waals surface area contributed by atoms with Gasteiger partial charge in [-0.2, -0.15) is 4.31 Å². The Bertz CT molecular complexity index is 578. The lowest BCUT2D eigenvalue weighted by Crippen LogP contribution is -2.54. The van der Waals surface area contributed by atoms with Crippen molar-refractivity contribution in [3.8, 4) is 0 Å². The fraction of sp³-hybridized carbons (Fsp3) is 0.643. The van der Waals surface area contributed by atoms with Crippen LogP contribution in [-0.4, -0.2) is 68.6 Å². The molecule has 0 bridgehead atoms. The van der Waals surface area contributed by atoms with E-state index in [1.54, 1.807) is 11.3 Å². The molecule has 1 aromatic heterocycles. The molecule has 1 N–H and O–H groups in total. The van der Waals surface area contributed by atoms with E-state index in [0.29, 0.717) is 32.7 Å². The van der Waals surface area contributed by atoms with Gasteiger partial charge in [0.1, 0.15) is 0 Å². The highest BCUT2D eigenvalue weighted by atomic mass is 32.2. The Balaban J connectivity index is 1.74. The van der Waals surface area contributed by atoms with Gasteiger partial charge in [-0.3, -0.25) is 9.69 Å². The summed E-state index contributed by atoms with van der Waals surface area (Å²) in [5, 5.41) is 4.98.